The minimum atomic E-state index is -3.48. The van der Waals surface area contributed by atoms with Crippen LogP contribution in [-0.2, 0) is 16.6 Å². The van der Waals surface area contributed by atoms with Gasteiger partial charge in [0.05, 0.1) is 4.90 Å². The van der Waals surface area contributed by atoms with Gasteiger partial charge in [0.1, 0.15) is 0 Å². The van der Waals surface area contributed by atoms with Crippen molar-refractivity contribution in [1.29, 1.82) is 0 Å². The van der Waals surface area contributed by atoms with Crippen molar-refractivity contribution < 1.29 is 8.42 Å². The third-order valence-corrected chi connectivity index (χ3v) is 4.84. The monoisotopic (exact) mass is 270 g/mol. The van der Waals surface area contributed by atoms with E-state index in [9.17, 15) is 8.42 Å². The molecule has 0 saturated carbocycles. The molecule has 0 atom stereocenters. The molecule has 0 aliphatic rings. The van der Waals surface area contributed by atoms with Crippen molar-refractivity contribution >= 4 is 10.0 Å². The molecule has 0 aromatic heterocycles. The molecule has 0 heterocycles. The number of benzene rings is 1. The van der Waals surface area contributed by atoms with Gasteiger partial charge in [0.15, 0.2) is 0 Å². The van der Waals surface area contributed by atoms with E-state index in [0.29, 0.717) is 6.54 Å². The average Bonchev–Trinajstić information content (AvgIpc) is 2.28. The van der Waals surface area contributed by atoms with Crippen molar-refractivity contribution in [1.82, 2.24) is 4.72 Å². The van der Waals surface area contributed by atoms with Gasteiger partial charge in [0, 0.05) is 12.1 Å². The first kappa shape index (κ1) is 15.1. The maximum Gasteiger partial charge on any atom is 0.241 e. The molecule has 0 aliphatic carbocycles. The quantitative estimate of drug-likeness (QED) is 0.858. The van der Waals surface area contributed by atoms with Crippen molar-refractivity contribution in [2.75, 3.05) is 0 Å². The van der Waals surface area contributed by atoms with Crippen LogP contribution in [-0.4, -0.2) is 14.0 Å². The van der Waals surface area contributed by atoms with Gasteiger partial charge in [-0.25, -0.2) is 13.1 Å². The van der Waals surface area contributed by atoms with E-state index in [4.69, 9.17) is 5.73 Å². The van der Waals surface area contributed by atoms with Crippen LogP contribution in [0.1, 0.15) is 38.3 Å². The summed E-state index contributed by atoms with van der Waals surface area (Å²) >= 11 is 0. The van der Waals surface area contributed by atoms with Gasteiger partial charge in [-0.2, -0.15) is 0 Å². The molecule has 102 valence electrons. The van der Waals surface area contributed by atoms with Crippen LogP contribution in [0.15, 0.2) is 23.1 Å². The van der Waals surface area contributed by atoms with Gasteiger partial charge < -0.3 is 5.73 Å². The van der Waals surface area contributed by atoms with Gasteiger partial charge in [-0.1, -0.05) is 13.0 Å². The zero-order valence-corrected chi connectivity index (χ0v) is 12.3. The van der Waals surface area contributed by atoms with Crippen LogP contribution in [0.25, 0.3) is 0 Å². The first-order chi connectivity index (χ1) is 8.22. The number of aryl methyl sites for hydroxylation is 1. The van der Waals surface area contributed by atoms with Crippen LogP contribution in [0.4, 0.5) is 0 Å². The Bertz CT molecular complexity index is 522. The molecule has 0 unspecified atom stereocenters. The zero-order chi connectivity index (χ0) is 14.0. The van der Waals surface area contributed by atoms with E-state index in [1.807, 2.05) is 27.7 Å². The standard InChI is InChI=1S/C13H22N2O2S/c1-5-13(3,4)15-18(16,17)12-7-6-10(2)11(8-12)9-14/h6-8,15H,5,9,14H2,1-4H3. The summed E-state index contributed by atoms with van der Waals surface area (Å²) in [5.41, 5.74) is 7.01. The summed E-state index contributed by atoms with van der Waals surface area (Å²) in [6.45, 7) is 7.93. The summed E-state index contributed by atoms with van der Waals surface area (Å²) in [6, 6.07) is 5.04. The van der Waals surface area contributed by atoms with E-state index >= 15 is 0 Å². The van der Waals surface area contributed by atoms with Crippen molar-refractivity contribution in [3.63, 3.8) is 0 Å². The van der Waals surface area contributed by atoms with E-state index in [-0.39, 0.29) is 4.90 Å². The molecule has 0 amide bonds. The minimum Gasteiger partial charge on any atom is -0.326 e. The highest BCUT2D eigenvalue weighted by Crippen LogP contribution is 2.18. The average molecular weight is 270 g/mol. The Labute approximate surface area is 110 Å². The second-order valence-corrected chi connectivity index (χ2v) is 6.82. The van der Waals surface area contributed by atoms with Gasteiger partial charge in [-0.05, 0) is 50.5 Å². The van der Waals surface area contributed by atoms with E-state index in [0.717, 1.165) is 17.5 Å². The van der Waals surface area contributed by atoms with Crippen LogP contribution >= 0.6 is 0 Å². The van der Waals surface area contributed by atoms with Gasteiger partial charge in [-0.3, -0.25) is 0 Å². The number of nitrogens with one attached hydrogen (secondary N) is 1. The SMILES string of the molecule is CCC(C)(C)NS(=O)(=O)c1ccc(C)c(CN)c1. The molecule has 0 spiro atoms. The normalized spacial score (nSPS) is 12.7. The highest BCUT2D eigenvalue weighted by molar-refractivity contribution is 7.89. The second kappa shape index (κ2) is 5.38. The third-order valence-electron chi connectivity index (χ3n) is 3.15. The summed E-state index contributed by atoms with van der Waals surface area (Å²) in [5.74, 6) is 0. The second-order valence-electron chi connectivity index (χ2n) is 5.14. The number of nitrogens with two attached hydrogens (primary N) is 1. The lowest BCUT2D eigenvalue weighted by Crippen LogP contribution is -2.42. The lowest BCUT2D eigenvalue weighted by Gasteiger charge is -2.24. The molecule has 3 N–H and O–H groups in total. The van der Waals surface area contributed by atoms with Gasteiger partial charge in [0.25, 0.3) is 0 Å². The Morgan fingerprint density at radius 1 is 1.33 bits per heavy atom. The Balaban J connectivity index is 3.13. The molecule has 0 bridgehead atoms. The topological polar surface area (TPSA) is 72.2 Å². The van der Waals surface area contributed by atoms with Crippen molar-refractivity contribution in [2.45, 2.75) is 51.1 Å². The van der Waals surface area contributed by atoms with Crippen molar-refractivity contribution in [3.8, 4) is 0 Å². The highest BCUT2D eigenvalue weighted by Gasteiger charge is 2.24. The molecule has 1 rings (SSSR count). The first-order valence-corrected chi connectivity index (χ1v) is 7.54. The van der Waals surface area contributed by atoms with E-state index in [1.54, 1.807) is 18.2 Å². The lowest BCUT2D eigenvalue weighted by atomic mass is 10.0. The summed E-state index contributed by atoms with van der Waals surface area (Å²) in [4.78, 5) is 0.273. The molecule has 0 fully saturated rings. The Morgan fingerprint density at radius 2 is 1.94 bits per heavy atom. The Kier molecular flexibility index (Phi) is 4.53. The van der Waals surface area contributed by atoms with Crippen LogP contribution in [0, 0.1) is 6.92 Å². The number of hydrogen-bond acceptors (Lipinski definition) is 3. The molecule has 0 saturated heterocycles. The molecule has 0 radical (unpaired) electrons. The maximum atomic E-state index is 12.2. The van der Waals surface area contributed by atoms with Gasteiger partial charge in [-0.15, -0.1) is 0 Å². The van der Waals surface area contributed by atoms with E-state index < -0.39 is 15.6 Å². The maximum absolute atomic E-state index is 12.2. The predicted molar refractivity (Wildman–Crippen MR) is 73.8 cm³/mol. The molecular formula is C13H22N2O2S. The largest absolute Gasteiger partial charge is 0.326 e. The van der Waals surface area contributed by atoms with E-state index in [2.05, 4.69) is 4.72 Å². The van der Waals surface area contributed by atoms with Crippen LogP contribution in [0.3, 0.4) is 0 Å². The summed E-state index contributed by atoms with van der Waals surface area (Å²) in [6.07, 6.45) is 0.724. The van der Waals surface area contributed by atoms with Gasteiger partial charge >= 0.3 is 0 Å². The van der Waals surface area contributed by atoms with Crippen LogP contribution < -0.4 is 10.5 Å². The Morgan fingerprint density at radius 3 is 2.44 bits per heavy atom. The zero-order valence-electron chi connectivity index (χ0n) is 11.4. The molecule has 18 heavy (non-hydrogen) atoms. The van der Waals surface area contributed by atoms with Crippen molar-refractivity contribution in [3.05, 3.63) is 29.3 Å². The number of hydrogen-bond donors (Lipinski definition) is 2. The Hall–Kier alpha value is -0.910. The smallest absolute Gasteiger partial charge is 0.241 e. The van der Waals surface area contributed by atoms with Crippen LogP contribution in [0.2, 0.25) is 0 Å². The fourth-order valence-corrected chi connectivity index (χ4v) is 3.06. The molecule has 1 aromatic rings. The fraction of sp³-hybridized carbons (Fsp3) is 0.538. The van der Waals surface area contributed by atoms with Gasteiger partial charge in [0.2, 0.25) is 10.0 Å². The number of rotatable bonds is 5. The van der Waals surface area contributed by atoms with E-state index in [1.165, 1.54) is 0 Å². The summed E-state index contributed by atoms with van der Waals surface area (Å²) in [5, 5.41) is 0. The third kappa shape index (κ3) is 3.54. The van der Waals surface area contributed by atoms with Crippen molar-refractivity contribution in [2.24, 2.45) is 5.73 Å². The summed E-state index contributed by atoms with van der Waals surface area (Å²) < 4.78 is 27.2. The molecular weight excluding hydrogens is 248 g/mol. The molecule has 4 nitrogen and oxygen atoms in total. The predicted octanol–water partition coefficient (Wildman–Crippen LogP) is 1.92. The minimum absolute atomic E-state index is 0.273. The molecule has 5 heteroatoms. The van der Waals surface area contributed by atoms with Crippen LogP contribution in [0.5, 0.6) is 0 Å². The fourth-order valence-electron chi connectivity index (χ4n) is 1.53. The lowest BCUT2D eigenvalue weighted by molar-refractivity contribution is 0.439. The molecule has 1 aromatic carbocycles. The molecule has 0 aliphatic heterocycles. The summed E-state index contributed by atoms with van der Waals surface area (Å²) in [7, 11) is -3.48. The highest BCUT2D eigenvalue weighted by atomic mass is 32.2. The number of sulfonamides is 1. The first-order valence-electron chi connectivity index (χ1n) is 6.05.